The smallest absolute Gasteiger partial charge is 0.317 e. The standard InChI is InChI=1S/C15H24BrN3O2/c1-3-12-15(16)13(19(4-2)17-12)9-18(10-14(20)21)11-7-5-6-8-11/h11H,3-10H2,1-2H3,(H,20,21). The lowest BCUT2D eigenvalue weighted by Gasteiger charge is -2.27. The number of carboxylic acids is 1. The third kappa shape index (κ3) is 3.86. The van der Waals surface area contributed by atoms with Gasteiger partial charge in [0.2, 0.25) is 0 Å². The van der Waals surface area contributed by atoms with Crippen LogP contribution < -0.4 is 0 Å². The SMILES string of the molecule is CCc1nn(CC)c(CN(CC(=O)O)C2CCCC2)c1Br. The van der Waals surface area contributed by atoms with Crippen molar-refractivity contribution in [3.8, 4) is 0 Å². The summed E-state index contributed by atoms with van der Waals surface area (Å²) >= 11 is 3.65. The largest absolute Gasteiger partial charge is 0.480 e. The number of halogens is 1. The van der Waals surface area contributed by atoms with Crippen molar-refractivity contribution in [2.75, 3.05) is 6.54 Å². The third-order valence-corrected chi connectivity index (χ3v) is 5.14. The minimum absolute atomic E-state index is 0.105. The Hall–Kier alpha value is -0.880. The van der Waals surface area contributed by atoms with Gasteiger partial charge in [0.1, 0.15) is 0 Å². The van der Waals surface area contributed by atoms with Crippen molar-refractivity contribution in [2.45, 2.75) is 65.1 Å². The number of nitrogens with zero attached hydrogens (tertiary/aromatic N) is 3. The highest BCUT2D eigenvalue weighted by Crippen LogP contribution is 2.28. The van der Waals surface area contributed by atoms with Crippen molar-refractivity contribution < 1.29 is 9.90 Å². The molecule has 1 aliphatic carbocycles. The molecule has 0 aliphatic heterocycles. The van der Waals surface area contributed by atoms with E-state index in [4.69, 9.17) is 0 Å². The molecule has 1 N–H and O–H groups in total. The molecular weight excluding hydrogens is 334 g/mol. The fourth-order valence-corrected chi connectivity index (χ4v) is 3.81. The van der Waals surface area contributed by atoms with Crippen LogP contribution in [0.5, 0.6) is 0 Å². The number of rotatable bonds is 7. The summed E-state index contributed by atoms with van der Waals surface area (Å²) in [5.74, 6) is -0.753. The number of aromatic nitrogens is 2. The van der Waals surface area contributed by atoms with Gasteiger partial charge in [0.15, 0.2) is 0 Å². The van der Waals surface area contributed by atoms with Gasteiger partial charge in [-0.15, -0.1) is 0 Å². The van der Waals surface area contributed by atoms with E-state index >= 15 is 0 Å². The van der Waals surface area contributed by atoms with Crippen LogP contribution in [0.25, 0.3) is 0 Å². The molecule has 1 fully saturated rings. The van der Waals surface area contributed by atoms with E-state index in [0.29, 0.717) is 12.6 Å². The third-order valence-electron chi connectivity index (χ3n) is 4.23. The van der Waals surface area contributed by atoms with Crippen LogP contribution in [-0.4, -0.2) is 38.3 Å². The summed E-state index contributed by atoms with van der Waals surface area (Å²) in [6.07, 6.45) is 5.49. The quantitative estimate of drug-likeness (QED) is 0.814. The molecule has 0 spiro atoms. The lowest BCUT2D eigenvalue weighted by molar-refractivity contribution is -0.139. The molecule has 2 rings (SSSR count). The van der Waals surface area contributed by atoms with E-state index in [2.05, 4.69) is 39.8 Å². The van der Waals surface area contributed by atoms with Crippen molar-refractivity contribution >= 4 is 21.9 Å². The van der Waals surface area contributed by atoms with Gasteiger partial charge in [-0.2, -0.15) is 5.10 Å². The van der Waals surface area contributed by atoms with Gasteiger partial charge < -0.3 is 5.11 Å². The van der Waals surface area contributed by atoms with Crippen LogP contribution in [0.1, 0.15) is 50.9 Å². The van der Waals surface area contributed by atoms with Crippen LogP contribution in [0, 0.1) is 0 Å². The second-order valence-electron chi connectivity index (χ2n) is 5.61. The summed E-state index contributed by atoms with van der Waals surface area (Å²) in [5, 5.41) is 13.8. The van der Waals surface area contributed by atoms with Crippen molar-refractivity contribution in [1.82, 2.24) is 14.7 Å². The topological polar surface area (TPSA) is 58.4 Å². The Morgan fingerprint density at radius 2 is 2.10 bits per heavy atom. The van der Waals surface area contributed by atoms with Crippen LogP contribution in [0.4, 0.5) is 0 Å². The molecule has 0 amide bonds. The van der Waals surface area contributed by atoms with Crippen molar-refractivity contribution in [2.24, 2.45) is 0 Å². The normalized spacial score (nSPS) is 16.0. The Balaban J connectivity index is 2.22. The zero-order valence-electron chi connectivity index (χ0n) is 12.8. The van der Waals surface area contributed by atoms with Crippen molar-refractivity contribution in [3.05, 3.63) is 15.9 Å². The molecule has 6 heteroatoms. The minimum Gasteiger partial charge on any atom is -0.480 e. The summed E-state index contributed by atoms with van der Waals surface area (Å²) in [4.78, 5) is 13.3. The van der Waals surface area contributed by atoms with Crippen LogP contribution >= 0.6 is 15.9 Å². The molecule has 0 radical (unpaired) electrons. The van der Waals surface area contributed by atoms with Crippen molar-refractivity contribution in [3.63, 3.8) is 0 Å². The average Bonchev–Trinajstić information content (AvgIpc) is 3.07. The number of carboxylic acid groups (broad SMARTS) is 1. The molecule has 0 saturated heterocycles. The lowest BCUT2D eigenvalue weighted by Crippen LogP contribution is -2.37. The molecular formula is C15H24BrN3O2. The van der Waals surface area contributed by atoms with E-state index < -0.39 is 5.97 Å². The highest BCUT2D eigenvalue weighted by atomic mass is 79.9. The van der Waals surface area contributed by atoms with Gasteiger partial charge in [0, 0.05) is 19.1 Å². The maximum absolute atomic E-state index is 11.2. The fraction of sp³-hybridized carbons (Fsp3) is 0.733. The number of hydrogen-bond acceptors (Lipinski definition) is 3. The Labute approximate surface area is 134 Å². The number of aliphatic carboxylic acids is 1. The van der Waals surface area contributed by atoms with E-state index in [1.165, 1.54) is 12.8 Å². The molecule has 1 saturated carbocycles. The number of aryl methyl sites for hydroxylation is 2. The second kappa shape index (κ2) is 7.40. The van der Waals surface area contributed by atoms with E-state index in [9.17, 15) is 9.90 Å². The summed E-state index contributed by atoms with van der Waals surface area (Å²) in [6.45, 7) is 5.72. The predicted molar refractivity (Wildman–Crippen MR) is 85.3 cm³/mol. The number of hydrogen-bond donors (Lipinski definition) is 1. The first-order chi connectivity index (χ1) is 10.1. The minimum atomic E-state index is -0.753. The molecule has 118 valence electrons. The molecule has 0 atom stereocenters. The van der Waals surface area contributed by atoms with E-state index in [1.807, 2.05) is 4.68 Å². The summed E-state index contributed by atoms with van der Waals surface area (Å²) in [7, 11) is 0. The van der Waals surface area contributed by atoms with Crippen LogP contribution in [0.2, 0.25) is 0 Å². The molecule has 0 bridgehead atoms. The summed E-state index contributed by atoms with van der Waals surface area (Å²) in [6, 6.07) is 0.387. The molecule has 0 unspecified atom stereocenters. The van der Waals surface area contributed by atoms with Gasteiger partial charge in [-0.3, -0.25) is 14.4 Å². The Morgan fingerprint density at radius 3 is 2.62 bits per heavy atom. The Kier molecular flexibility index (Phi) is 5.81. The van der Waals surface area contributed by atoms with E-state index in [0.717, 1.165) is 41.7 Å². The molecule has 21 heavy (non-hydrogen) atoms. The molecule has 1 aliphatic rings. The summed E-state index contributed by atoms with van der Waals surface area (Å²) < 4.78 is 3.03. The van der Waals surface area contributed by atoms with Crippen LogP contribution in [-0.2, 0) is 24.3 Å². The van der Waals surface area contributed by atoms with E-state index in [1.54, 1.807) is 0 Å². The first-order valence-electron chi connectivity index (χ1n) is 7.76. The zero-order valence-corrected chi connectivity index (χ0v) is 14.4. The highest BCUT2D eigenvalue weighted by molar-refractivity contribution is 9.10. The molecule has 1 aromatic rings. The maximum Gasteiger partial charge on any atom is 0.317 e. The second-order valence-corrected chi connectivity index (χ2v) is 6.41. The first-order valence-corrected chi connectivity index (χ1v) is 8.56. The summed E-state index contributed by atoms with van der Waals surface area (Å²) in [5.41, 5.74) is 2.15. The monoisotopic (exact) mass is 357 g/mol. The highest BCUT2D eigenvalue weighted by Gasteiger charge is 2.26. The molecule has 0 aromatic carbocycles. The van der Waals surface area contributed by atoms with Gasteiger partial charge in [0.05, 0.1) is 22.4 Å². The Morgan fingerprint density at radius 1 is 1.43 bits per heavy atom. The van der Waals surface area contributed by atoms with Crippen molar-refractivity contribution in [1.29, 1.82) is 0 Å². The van der Waals surface area contributed by atoms with Gasteiger partial charge in [-0.1, -0.05) is 19.8 Å². The maximum atomic E-state index is 11.2. The molecule has 1 heterocycles. The predicted octanol–water partition coefficient (Wildman–Crippen LogP) is 3.06. The van der Waals surface area contributed by atoms with Gasteiger partial charge in [-0.05, 0) is 42.1 Å². The van der Waals surface area contributed by atoms with Gasteiger partial charge >= 0.3 is 5.97 Å². The Bertz CT molecular complexity index is 495. The molecule has 5 nitrogen and oxygen atoms in total. The van der Waals surface area contributed by atoms with Crippen LogP contribution in [0.3, 0.4) is 0 Å². The van der Waals surface area contributed by atoms with Gasteiger partial charge in [0.25, 0.3) is 0 Å². The van der Waals surface area contributed by atoms with E-state index in [-0.39, 0.29) is 6.54 Å². The average molecular weight is 358 g/mol. The molecule has 1 aromatic heterocycles. The fourth-order valence-electron chi connectivity index (χ4n) is 3.12. The van der Waals surface area contributed by atoms with Crippen LogP contribution in [0.15, 0.2) is 4.47 Å². The lowest BCUT2D eigenvalue weighted by atomic mass is 10.2. The zero-order chi connectivity index (χ0) is 15.4. The number of carbonyl (C=O) groups is 1. The van der Waals surface area contributed by atoms with Gasteiger partial charge in [-0.25, -0.2) is 0 Å². The first kappa shape index (κ1) is 16.5.